The van der Waals surface area contributed by atoms with Gasteiger partial charge in [-0.25, -0.2) is 9.07 Å². The van der Waals surface area contributed by atoms with E-state index in [0.29, 0.717) is 32.0 Å². The number of aromatic nitrogens is 3. The third-order valence-electron chi connectivity index (χ3n) is 6.90. The summed E-state index contributed by atoms with van der Waals surface area (Å²) in [6, 6.07) is 7.44. The van der Waals surface area contributed by atoms with Gasteiger partial charge in [0.25, 0.3) is 17.7 Å². The van der Waals surface area contributed by atoms with E-state index in [4.69, 9.17) is 15.2 Å². The van der Waals surface area contributed by atoms with E-state index in [2.05, 4.69) is 26.3 Å². The Bertz CT molecular complexity index is 1610. The van der Waals surface area contributed by atoms with Gasteiger partial charge in [-0.05, 0) is 36.8 Å². The molecule has 230 valence electrons. The number of carbonyl (C=O) groups is 5. The van der Waals surface area contributed by atoms with E-state index in [1.807, 2.05) is 0 Å². The summed E-state index contributed by atoms with van der Waals surface area (Å²) in [4.78, 5) is 63.1. The van der Waals surface area contributed by atoms with Crippen LogP contribution in [0.4, 0.5) is 21.5 Å². The van der Waals surface area contributed by atoms with Crippen molar-refractivity contribution < 1.29 is 37.8 Å². The maximum absolute atomic E-state index is 13.2. The molecule has 1 unspecified atom stereocenters. The van der Waals surface area contributed by atoms with Crippen molar-refractivity contribution in [2.24, 2.45) is 0 Å². The number of nitrogens with zero attached hydrogens (tertiary/aromatic N) is 4. The summed E-state index contributed by atoms with van der Waals surface area (Å²) in [5.74, 6) is -3.31. The van der Waals surface area contributed by atoms with Crippen LogP contribution in [0, 0.1) is 5.82 Å². The fourth-order valence-electron chi connectivity index (χ4n) is 4.75. The number of fused-ring (bicyclic) bond motifs is 1. The number of nitrogens with two attached hydrogens (primary N) is 1. The van der Waals surface area contributed by atoms with Gasteiger partial charge in [0.1, 0.15) is 11.9 Å². The van der Waals surface area contributed by atoms with Gasteiger partial charge in [-0.1, -0.05) is 11.3 Å². The number of nitrogen functional groups attached to an aromatic ring is 1. The zero-order valence-electron chi connectivity index (χ0n) is 23.4. The quantitative estimate of drug-likeness (QED) is 0.122. The average molecular weight is 609 g/mol. The normalized spacial score (nSPS) is 16.2. The second kappa shape index (κ2) is 13.4. The molecule has 5 N–H and O–H groups in total. The monoisotopic (exact) mass is 608 g/mol. The van der Waals surface area contributed by atoms with E-state index in [1.54, 1.807) is 12.1 Å². The highest BCUT2D eigenvalue weighted by molar-refractivity contribution is 6.25. The lowest BCUT2D eigenvalue weighted by molar-refractivity contribution is -0.136. The molecule has 0 saturated carbocycles. The molecule has 5 rings (SSSR count). The molecular weight excluding hydrogens is 579 g/mol. The summed E-state index contributed by atoms with van der Waals surface area (Å²) in [6.07, 6.45) is 1.58. The van der Waals surface area contributed by atoms with Crippen LogP contribution in [0.2, 0.25) is 0 Å². The van der Waals surface area contributed by atoms with Gasteiger partial charge < -0.3 is 25.8 Å². The number of imide groups is 2. The Morgan fingerprint density at radius 3 is 2.61 bits per heavy atom. The van der Waals surface area contributed by atoms with Gasteiger partial charge >= 0.3 is 0 Å². The minimum atomic E-state index is -1.03. The minimum Gasteiger partial charge on any atom is -0.397 e. The van der Waals surface area contributed by atoms with Gasteiger partial charge in [-0.2, -0.15) is 0 Å². The molecule has 1 saturated heterocycles. The molecule has 1 fully saturated rings. The van der Waals surface area contributed by atoms with Crippen LogP contribution in [0.25, 0.3) is 0 Å². The lowest BCUT2D eigenvalue weighted by atomic mass is 10.0. The highest BCUT2D eigenvalue weighted by atomic mass is 19.1. The first-order valence-corrected chi connectivity index (χ1v) is 13.7. The summed E-state index contributed by atoms with van der Waals surface area (Å²) in [5, 5.41) is 15.5. The Hall–Kier alpha value is -5.22. The topological polar surface area (TPSA) is 200 Å². The van der Waals surface area contributed by atoms with E-state index in [0.717, 1.165) is 11.0 Å². The maximum Gasteiger partial charge on any atom is 0.277 e. The molecule has 0 aliphatic carbocycles. The summed E-state index contributed by atoms with van der Waals surface area (Å²) >= 11 is 0. The number of carbonyl (C=O) groups excluding carboxylic acids is 5. The largest absolute Gasteiger partial charge is 0.397 e. The Morgan fingerprint density at radius 1 is 1.05 bits per heavy atom. The van der Waals surface area contributed by atoms with E-state index < -0.39 is 41.4 Å². The predicted octanol–water partition coefficient (Wildman–Crippen LogP) is 0.798. The van der Waals surface area contributed by atoms with E-state index in [9.17, 15) is 28.4 Å². The Labute approximate surface area is 249 Å². The molecule has 16 heteroatoms. The second-order valence-electron chi connectivity index (χ2n) is 9.88. The third-order valence-corrected chi connectivity index (χ3v) is 6.90. The molecule has 44 heavy (non-hydrogen) atoms. The van der Waals surface area contributed by atoms with Crippen LogP contribution in [0.15, 0.2) is 42.6 Å². The van der Waals surface area contributed by atoms with E-state index >= 15 is 0 Å². The number of rotatable bonds is 13. The molecule has 2 aliphatic heterocycles. The molecule has 0 spiro atoms. The van der Waals surface area contributed by atoms with Gasteiger partial charge in [0.05, 0.1) is 61.7 Å². The highest BCUT2D eigenvalue weighted by Crippen LogP contribution is 2.32. The number of ether oxygens (including phenoxy) is 2. The molecule has 1 aromatic heterocycles. The van der Waals surface area contributed by atoms with Crippen molar-refractivity contribution in [1.82, 2.24) is 25.2 Å². The lowest BCUT2D eigenvalue weighted by Crippen LogP contribution is -2.54. The summed E-state index contributed by atoms with van der Waals surface area (Å²) in [5.41, 5.74) is 6.93. The van der Waals surface area contributed by atoms with Crippen LogP contribution in [0.3, 0.4) is 0 Å². The number of amides is 5. The van der Waals surface area contributed by atoms with Gasteiger partial charge in [0.2, 0.25) is 11.8 Å². The molecular formula is C28H29FN8O7. The first-order valence-electron chi connectivity index (χ1n) is 13.7. The van der Waals surface area contributed by atoms with Crippen LogP contribution in [-0.2, 0) is 25.6 Å². The zero-order chi connectivity index (χ0) is 31.2. The van der Waals surface area contributed by atoms with Crippen LogP contribution in [0.1, 0.15) is 44.0 Å². The van der Waals surface area contributed by atoms with E-state index in [1.165, 1.54) is 29.1 Å². The summed E-state index contributed by atoms with van der Waals surface area (Å²) < 4.78 is 25.7. The van der Waals surface area contributed by atoms with Crippen molar-refractivity contribution in [3.8, 4) is 0 Å². The van der Waals surface area contributed by atoms with Gasteiger partial charge in [-0.3, -0.25) is 34.2 Å². The van der Waals surface area contributed by atoms with Gasteiger partial charge in [0.15, 0.2) is 5.69 Å². The number of benzene rings is 2. The molecule has 3 aromatic rings. The van der Waals surface area contributed by atoms with Crippen molar-refractivity contribution >= 4 is 46.6 Å². The predicted molar refractivity (Wildman–Crippen MR) is 152 cm³/mol. The maximum atomic E-state index is 13.2. The van der Waals surface area contributed by atoms with Crippen molar-refractivity contribution in [2.45, 2.75) is 25.4 Å². The molecule has 15 nitrogen and oxygen atoms in total. The van der Waals surface area contributed by atoms with Gasteiger partial charge in [-0.15, -0.1) is 5.10 Å². The standard InChI is InChI=1S/C28H29FN8O7/c29-16-4-5-19(18(30)14-16)32-25(39)21-15-36(35-34-21)9-11-44-13-12-43-10-8-31-20-3-1-2-17-24(20)28(42)37(27(17)41)22-6-7-23(38)33-26(22)40/h1-5,14-15,22,31H,6-13,30H2,(H,32,39)(H,33,38,40). The average Bonchev–Trinajstić information content (AvgIpc) is 3.57. The van der Waals surface area contributed by atoms with Crippen LogP contribution < -0.4 is 21.7 Å². The SMILES string of the molecule is Nc1cc(F)ccc1NC(=O)c1cn(CCOCCOCCNc2cccc3c2C(=O)N(C2CCC(=O)NC2=O)C3=O)nn1. The molecule has 1 atom stereocenters. The number of halogens is 1. The smallest absolute Gasteiger partial charge is 0.277 e. The number of hydrogen-bond acceptors (Lipinski definition) is 11. The molecule has 0 bridgehead atoms. The molecule has 3 heterocycles. The molecule has 5 amide bonds. The number of nitrogens with one attached hydrogen (secondary N) is 3. The number of piperidine rings is 1. The van der Waals surface area contributed by atoms with Crippen molar-refractivity contribution in [3.63, 3.8) is 0 Å². The zero-order valence-corrected chi connectivity index (χ0v) is 23.4. The Morgan fingerprint density at radius 2 is 1.84 bits per heavy atom. The highest BCUT2D eigenvalue weighted by Gasteiger charge is 2.45. The summed E-state index contributed by atoms with van der Waals surface area (Å²) in [6.45, 7) is 1.82. The number of hydrogen-bond donors (Lipinski definition) is 4. The van der Waals surface area contributed by atoms with Crippen LogP contribution >= 0.6 is 0 Å². The fraction of sp³-hybridized carbons (Fsp3) is 0.321. The minimum absolute atomic E-state index is 0.0480. The first kappa shape index (κ1) is 30.2. The number of anilines is 3. The molecule has 0 radical (unpaired) electrons. The van der Waals surface area contributed by atoms with Crippen molar-refractivity contribution in [1.29, 1.82) is 0 Å². The molecule has 2 aliphatic rings. The fourth-order valence-corrected chi connectivity index (χ4v) is 4.75. The van der Waals surface area contributed by atoms with Crippen molar-refractivity contribution in [2.75, 3.05) is 49.3 Å². The first-order chi connectivity index (χ1) is 21.2. The van der Waals surface area contributed by atoms with Gasteiger partial charge in [0, 0.05) is 18.7 Å². The van der Waals surface area contributed by atoms with E-state index in [-0.39, 0.29) is 54.3 Å². The Kier molecular flexibility index (Phi) is 9.20. The Balaban J connectivity index is 0.995. The van der Waals surface area contributed by atoms with Crippen molar-refractivity contribution in [3.05, 3.63) is 65.2 Å². The van der Waals surface area contributed by atoms with Crippen LogP contribution in [0.5, 0.6) is 0 Å². The molecule has 2 aromatic carbocycles. The van der Waals surface area contributed by atoms with Crippen LogP contribution in [-0.4, -0.2) is 88.4 Å². The lowest BCUT2D eigenvalue weighted by Gasteiger charge is -2.27. The second-order valence-corrected chi connectivity index (χ2v) is 9.88. The third kappa shape index (κ3) is 6.71. The summed E-state index contributed by atoms with van der Waals surface area (Å²) in [7, 11) is 0.